The molecule has 2 rings (SSSR count). The van der Waals surface area contributed by atoms with Crippen LogP contribution in [0.2, 0.25) is 0 Å². The second kappa shape index (κ2) is 4.98. The number of rotatable bonds is 4. The van der Waals surface area contributed by atoms with Crippen LogP contribution in [0.1, 0.15) is 39.7 Å². The van der Waals surface area contributed by atoms with Crippen LogP contribution in [0, 0.1) is 20.8 Å². The molecule has 2 aromatic rings. The molecule has 0 aliphatic rings. The van der Waals surface area contributed by atoms with Gasteiger partial charge in [-0.3, -0.25) is 0 Å². The maximum atomic E-state index is 4.67. The van der Waals surface area contributed by atoms with Gasteiger partial charge in [0.1, 0.15) is 11.4 Å². The fourth-order valence-electron chi connectivity index (χ4n) is 1.85. The lowest BCUT2D eigenvalue weighted by Gasteiger charge is -2.12. The number of thiophene rings is 1. The summed E-state index contributed by atoms with van der Waals surface area (Å²) in [4.78, 5) is 2.72. The van der Waals surface area contributed by atoms with Gasteiger partial charge in [0, 0.05) is 22.3 Å². The van der Waals surface area contributed by atoms with Gasteiger partial charge in [-0.1, -0.05) is 10.3 Å². The molecule has 0 saturated heterocycles. The van der Waals surface area contributed by atoms with Crippen molar-refractivity contribution in [2.45, 2.75) is 40.3 Å². The summed E-state index contributed by atoms with van der Waals surface area (Å²) in [6, 6.07) is 2.56. The van der Waals surface area contributed by atoms with E-state index in [1.807, 2.05) is 18.3 Å². The molecular weight excluding hydrogens is 234 g/mol. The topological polar surface area (TPSA) is 51.0 Å². The largest absolute Gasteiger partial charge is 0.304 e. The third-order valence-corrected chi connectivity index (χ3v) is 3.85. The molecule has 0 aliphatic carbocycles. The molecule has 5 heteroatoms. The van der Waals surface area contributed by atoms with Crippen LogP contribution in [0.15, 0.2) is 10.7 Å². The molecule has 2 aromatic heterocycles. The average Bonchev–Trinajstić information content (AvgIpc) is 2.81. The highest BCUT2D eigenvalue weighted by Gasteiger charge is 2.12. The first kappa shape index (κ1) is 12.3. The SMILES string of the molecule is Cc1cc([C@@H](C)NCc2nonc2C)c(C)s1. The Balaban J connectivity index is 2.00. The standard InChI is InChI=1S/C12H17N3OS/c1-7-5-11(10(4)17-7)8(2)13-6-12-9(3)14-16-15-12/h5,8,13H,6H2,1-4H3/t8-/m1/s1. The molecular formula is C12H17N3OS. The summed E-state index contributed by atoms with van der Waals surface area (Å²) >= 11 is 1.84. The zero-order valence-electron chi connectivity index (χ0n) is 10.6. The fraction of sp³-hybridized carbons (Fsp3) is 0.500. The van der Waals surface area contributed by atoms with E-state index in [9.17, 15) is 0 Å². The summed E-state index contributed by atoms with van der Waals surface area (Å²) in [6.07, 6.45) is 0. The number of nitrogens with zero attached hydrogens (tertiary/aromatic N) is 2. The van der Waals surface area contributed by atoms with E-state index in [4.69, 9.17) is 0 Å². The van der Waals surface area contributed by atoms with E-state index < -0.39 is 0 Å². The lowest BCUT2D eigenvalue weighted by Crippen LogP contribution is -2.18. The summed E-state index contributed by atoms with van der Waals surface area (Å²) in [6.45, 7) is 9.05. The number of aryl methyl sites for hydroxylation is 3. The number of hydrogen-bond donors (Lipinski definition) is 1. The quantitative estimate of drug-likeness (QED) is 0.907. The van der Waals surface area contributed by atoms with E-state index >= 15 is 0 Å². The minimum absolute atomic E-state index is 0.316. The van der Waals surface area contributed by atoms with E-state index in [2.05, 4.69) is 47.1 Å². The maximum absolute atomic E-state index is 4.67. The van der Waals surface area contributed by atoms with Crippen molar-refractivity contribution >= 4 is 11.3 Å². The Labute approximate surface area is 105 Å². The summed E-state index contributed by atoms with van der Waals surface area (Å²) < 4.78 is 4.67. The molecule has 2 heterocycles. The minimum Gasteiger partial charge on any atom is -0.304 e. The van der Waals surface area contributed by atoms with Crippen molar-refractivity contribution in [1.29, 1.82) is 0 Å². The van der Waals surface area contributed by atoms with Gasteiger partial charge < -0.3 is 5.32 Å². The van der Waals surface area contributed by atoms with Crippen LogP contribution in [-0.4, -0.2) is 10.3 Å². The molecule has 0 aromatic carbocycles. The Morgan fingerprint density at radius 1 is 1.35 bits per heavy atom. The van der Waals surface area contributed by atoms with Gasteiger partial charge in [-0.15, -0.1) is 11.3 Å². The van der Waals surface area contributed by atoms with Gasteiger partial charge in [-0.05, 0) is 39.3 Å². The van der Waals surface area contributed by atoms with Crippen molar-refractivity contribution in [2.75, 3.05) is 0 Å². The first-order valence-electron chi connectivity index (χ1n) is 5.66. The van der Waals surface area contributed by atoms with Crippen LogP contribution in [-0.2, 0) is 6.54 Å². The first-order valence-corrected chi connectivity index (χ1v) is 6.48. The first-order chi connectivity index (χ1) is 8.08. The van der Waals surface area contributed by atoms with Crippen molar-refractivity contribution in [3.05, 3.63) is 32.8 Å². The molecule has 1 atom stereocenters. The predicted molar refractivity (Wildman–Crippen MR) is 68.1 cm³/mol. The third-order valence-electron chi connectivity index (χ3n) is 2.87. The van der Waals surface area contributed by atoms with Gasteiger partial charge in [0.25, 0.3) is 0 Å². The van der Waals surface area contributed by atoms with Gasteiger partial charge >= 0.3 is 0 Å². The molecule has 0 amide bonds. The van der Waals surface area contributed by atoms with E-state index in [1.165, 1.54) is 15.3 Å². The fourth-order valence-corrected chi connectivity index (χ4v) is 2.87. The summed E-state index contributed by atoms with van der Waals surface area (Å²) in [5.74, 6) is 0. The Hall–Kier alpha value is -1.20. The predicted octanol–water partition coefficient (Wildman–Crippen LogP) is 2.91. The van der Waals surface area contributed by atoms with Crippen molar-refractivity contribution in [1.82, 2.24) is 15.6 Å². The highest BCUT2D eigenvalue weighted by Crippen LogP contribution is 2.26. The maximum Gasteiger partial charge on any atom is 0.121 e. The summed E-state index contributed by atoms with van der Waals surface area (Å²) in [5.41, 5.74) is 3.09. The molecule has 17 heavy (non-hydrogen) atoms. The highest BCUT2D eigenvalue weighted by atomic mass is 32.1. The molecule has 0 unspecified atom stereocenters. The van der Waals surface area contributed by atoms with E-state index in [0.29, 0.717) is 12.6 Å². The molecule has 1 N–H and O–H groups in total. The van der Waals surface area contributed by atoms with E-state index in [1.54, 1.807) is 0 Å². The van der Waals surface area contributed by atoms with Crippen molar-refractivity contribution < 1.29 is 4.63 Å². The zero-order valence-corrected chi connectivity index (χ0v) is 11.4. The minimum atomic E-state index is 0.316. The Bertz CT molecular complexity index is 504. The number of nitrogens with one attached hydrogen (secondary N) is 1. The highest BCUT2D eigenvalue weighted by molar-refractivity contribution is 7.12. The van der Waals surface area contributed by atoms with Crippen LogP contribution in [0.3, 0.4) is 0 Å². The van der Waals surface area contributed by atoms with Crippen LogP contribution in [0.4, 0.5) is 0 Å². The van der Waals surface area contributed by atoms with E-state index in [0.717, 1.165) is 11.4 Å². The molecule has 0 bridgehead atoms. The van der Waals surface area contributed by atoms with Gasteiger partial charge in [-0.2, -0.15) is 0 Å². The van der Waals surface area contributed by atoms with Crippen LogP contribution >= 0.6 is 11.3 Å². The van der Waals surface area contributed by atoms with Crippen molar-refractivity contribution in [3.63, 3.8) is 0 Å². The van der Waals surface area contributed by atoms with Gasteiger partial charge in [0.2, 0.25) is 0 Å². The smallest absolute Gasteiger partial charge is 0.121 e. The average molecular weight is 251 g/mol. The number of hydrogen-bond acceptors (Lipinski definition) is 5. The molecule has 92 valence electrons. The second-order valence-corrected chi connectivity index (χ2v) is 5.73. The molecule has 0 saturated carbocycles. The van der Waals surface area contributed by atoms with Gasteiger partial charge in [-0.25, -0.2) is 4.63 Å². The summed E-state index contributed by atoms with van der Waals surface area (Å²) in [5, 5.41) is 11.1. The molecule has 4 nitrogen and oxygen atoms in total. The van der Waals surface area contributed by atoms with E-state index in [-0.39, 0.29) is 0 Å². The van der Waals surface area contributed by atoms with Gasteiger partial charge in [0.05, 0.1) is 0 Å². The molecule has 0 spiro atoms. The monoisotopic (exact) mass is 251 g/mol. The third kappa shape index (κ3) is 2.73. The Morgan fingerprint density at radius 2 is 2.12 bits per heavy atom. The number of aromatic nitrogens is 2. The molecule has 0 fully saturated rings. The molecule has 0 radical (unpaired) electrons. The van der Waals surface area contributed by atoms with Crippen LogP contribution in [0.5, 0.6) is 0 Å². The van der Waals surface area contributed by atoms with Crippen LogP contribution < -0.4 is 5.32 Å². The normalized spacial score (nSPS) is 12.9. The Morgan fingerprint density at radius 3 is 2.65 bits per heavy atom. The summed E-state index contributed by atoms with van der Waals surface area (Å²) in [7, 11) is 0. The van der Waals surface area contributed by atoms with Crippen molar-refractivity contribution in [3.8, 4) is 0 Å². The molecule has 0 aliphatic heterocycles. The van der Waals surface area contributed by atoms with Crippen molar-refractivity contribution in [2.24, 2.45) is 0 Å². The lowest BCUT2D eigenvalue weighted by atomic mass is 10.1. The van der Waals surface area contributed by atoms with Crippen LogP contribution in [0.25, 0.3) is 0 Å². The second-order valence-electron chi connectivity index (χ2n) is 4.27. The lowest BCUT2D eigenvalue weighted by molar-refractivity contribution is 0.300. The van der Waals surface area contributed by atoms with Gasteiger partial charge in [0.15, 0.2) is 0 Å². The zero-order chi connectivity index (χ0) is 12.4. The Kier molecular flexibility index (Phi) is 3.59.